The summed E-state index contributed by atoms with van der Waals surface area (Å²) in [6.07, 6.45) is 2.33. The van der Waals surface area contributed by atoms with Crippen molar-refractivity contribution in [2.24, 2.45) is 11.7 Å². The van der Waals surface area contributed by atoms with Crippen LogP contribution in [-0.4, -0.2) is 42.5 Å². The van der Waals surface area contributed by atoms with Gasteiger partial charge in [-0.25, -0.2) is 0 Å². The van der Waals surface area contributed by atoms with Gasteiger partial charge in [0.15, 0.2) is 0 Å². The standard InChI is InChI=1S/C12H25N3O/c1-9(2)14-8-11-4-6-15(7-5-11)10(3)12(13)16/h9-11,14H,4-8H2,1-3H3,(H2,13,16). The Morgan fingerprint density at radius 2 is 1.94 bits per heavy atom. The van der Waals surface area contributed by atoms with Crippen molar-refractivity contribution in [3.8, 4) is 0 Å². The summed E-state index contributed by atoms with van der Waals surface area (Å²) in [4.78, 5) is 13.3. The van der Waals surface area contributed by atoms with Gasteiger partial charge in [-0.05, 0) is 45.3 Å². The first-order valence-corrected chi connectivity index (χ1v) is 6.27. The molecule has 4 nitrogen and oxygen atoms in total. The predicted molar refractivity (Wildman–Crippen MR) is 66.1 cm³/mol. The van der Waals surface area contributed by atoms with Crippen LogP contribution in [-0.2, 0) is 4.79 Å². The van der Waals surface area contributed by atoms with Gasteiger partial charge >= 0.3 is 0 Å². The zero-order valence-electron chi connectivity index (χ0n) is 10.7. The summed E-state index contributed by atoms with van der Waals surface area (Å²) in [5, 5.41) is 3.47. The summed E-state index contributed by atoms with van der Waals surface area (Å²) in [5.74, 6) is 0.539. The third-order valence-corrected chi connectivity index (χ3v) is 3.42. The molecule has 0 saturated carbocycles. The molecule has 1 aliphatic heterocycles. The molecule has 1 saturated heterocycles. The van der Waals surface area contributed by atoms with E-state index in [1.165, 1.54) is 0 Å². The lowest BCUT2D eigenvalue weighted by molar-refractivity contribution is -0.123. The minimum atomic E-state index is -0.209. The van der Waals surface area contributed by atoms with E-state index < -0.39 is 0 Å². The van der Waals surface area contributed by atoms with Crippen molar-refractivity contribution < 1.29 is 4.79 Å². The molecule has 0 aromatic carbocycles. The summed E-state index contributed by atoms with van der Waals surface area (Å²) >= 11 is 0. The first kappa shape index (κ1) is 13.5. The van der Waals surface area contributed by atoms with Crippen LogP contribution in [0.25, 0.3) is 0 Å². The van der Waals surface area contributed by atoms with Gasteiger partial charge in [0, 0.05) is 6.04 Å². The fourth-order valence-corrected chi connectivity index (χ4v) is 2.13. The molecular weight excluding hydrogens is 202 g/mol. The average Bonchev–Trinajstić information content (AvgIpc) is 2.26. The number of carbonyl (C=O) groups is 1. The van der Waals surface area contributed by atoms with E-state index in [9.17, 15) is 4.79 Å². The number of primary amides is 1. The van der Waals surface area contributed by atoms with E-state index in [0.29, 0.717) is 6.04 Å². The van der Waals surface area contributed by atoms with Crippen LogP contribution in [0.15, 0.2) is 0 Å². The maximum atomic E-state index is 11.1. The summed E-state index contributed by atoms with van der Waals surface area (Å²) in [5.41, 5.74) is 5.31. The van der Waals surface area contributed by atoms with Crippen molar-refractivity contribution in [2.45, 2.75) is 45.7 Å². The Balaban J connectivity index is 2.25. The van der Waals surface area contributed by atoms with E-state index in [2.05, 4.69) is 24.1 Å². The molecule has 4 heteroatoms. The number of nitrogens with one attached hydrogen (secondary N) is 1. The minimum absolute atomic E-state index is 0.112. The highest BCUT2D eigenvalue weighted by molar-refractivity contribution is 5.79. The van der Waals surface area contributed by atoms with Gasteiger partial charge in [-0.3, -0.25) is 9.69 Å². The summed E-state index contributed by atoms with van der Waals surface area (Å²) in [7, 11) is 0. The third-order valence-electron chi connectivity index (χ3n) is 3.42. The predicted octanol–water partition coefficient (Wildman–Crippen LogP) is 0.570. The smallest absolute Gasteiger partial charge is 0.234 e. The van der Waals surface area contributed by atoms with Gasteiger partial charge in [-0.15, -0.1) is 0 Å². The summed E-state index contributed by atoms with van der Waals surface area (Å²) in [6, 6.07) is 0.446. The van der Waals surface area contributed by atoms with Gasteiger partial charge < -0.3 is 11.1 Å². The Morgan fingerprint density at radius 3 is 2.38 bits per heavy atom. The number of rotatable bonds is 5. The number of hydrogen-bond donors (Lipinski definition) is 2. The van der Waals surface area contributed by atoms with E-state index in [1.807, 2.05) is 6.92 Å². The lowest BCUT2D eigenvalue weighted by Crippen LogP contribution is -2.47. The highest BCUT2D eigenvalue weighted by Gasteiger charge is 2.24. The lowest BCUT2D eigenvalue weighted by atomic mass is 9.95. The summed E-state index contributed by atoms with van der Waals surface area (Å²) < 4.78 is 0. The molecule has 0 aromatic rings. The number of carbonyl (C=O) groups excluding carboxylic acids is 1. The van der Waals surface area contributed by atoms with Crippen LogP contribution < -0.4 is 11.1 Å². The Hall–Kier alpha value is -0.610. The van der Waals surface area contributed by atoms with Crippen molar-refractivity contribution in [2.75, 3.05) is 19.6 Å². The molecule has 1 atom stereocenters. The normalized spacial score (nSPS) is 21.2. The second-order valence-electron chi connectivity index (χ2n) is 5.12. The highest BCUT2D eigenvalue weighted by atomic mass is 16.1. The number of likely N-dealkylation sites (tertiary alicyclic amines) is 1. The number of hydrogen-bond acceptors (Lipinski definition) is 3. The van der Waals surface area contributed by atoms with E-state index in [4.69, 9.17) is 5.73 Å². The zero-order valence-corrected chi connectivity index (χ0v) is 10.7. The maximum Gasteiger partial charge on any atom is 0.234 e. The Labute approximate surface area is 98.6 Å². The van der Waals surface area contributed by atoms with Crippen LogP contribution in [0, 0.1) is 5.92 Å². The molecule has 0 aliphatic carbocycles. The van der Waals surface area contributed by atoms with E-state index >= 15 is 0 Å². The molecule has 1 unspecified atom stereocenters. The Bertz CT molecular complexity index is 222. The van der Waals surface area contributed by atoms with Crippen molar-refractivity contribution in [3.63, 3.8) is 0 Å². The number of amides is 1. The maximum absolute atomic E-state index is 11.1. The van der Waals surface area contributed by atoms with Gasteiger partial charge in [-0.1, -0.05) is 13.8 Å². The molecule has 1 amide bonds. The fraction of sp³-hybridized carbons (Fsp3) is 0.917. The Morgan fingerprint density at radius 1 is 1.38 bits per heavy atom. The average molecular weight is 227 g/mol. The molecular formula is C12H25N3O. The molecule has 0 bridgehead atoms. The van der Waals surface area contributed by atoms with Crippen molar-refractivity contribution in [3.05, 3.63) is 0 Å². The van der Waals surface area contributed by atoms with E-state index in [0.717, 1.165) is 38.4 Å². The Kier molecular flexibility index (Phi) is 5.22. The molecule has 0 aromatic heterocycles. The molecule has 1 fully saturated rings. The lowest BCUT2D eigenvalue weighted by Gasteiger charge is -2.35. The van der Waals surface area contributed by atoms with Gasteiger partial charge in [0.1, 0.15) is 0 Å². The highest BCUT2D eigenvalue weighted by Crippen LogP contribution is 2.18. The van der Waals surface area contributed by atoms with E-state index in [1.54, 1.807) is 0 Å². The zero-order chi connectivity index (χ0) is 12.1. The third kappa shape index (κ3) is 4.10. The van der Waals surface area contributed by atoms with Crippen LogP contribution in [0.2, 0.25) is 0 Å². The second-order valence-corrected chi connectivity index (χ2v) is 5.12. The fourth-order valence-electron chi connectivity index (χ4n) is 2.13. The van der Waals surface area contributed by atoms with Crippen LogP contribution in [0.3, 0.4) is 0 Å². The molecule has 3 N–H and O–H groups in total. The largest absolute Gasteiger partial charge is 0.368 e. The van der Waals surface area contributed by atoms with Crippen LogP contribution in [0.1, 0.15) is 33.6 Å². The van der Waals surface area contributed by atoms with Gasteiger partial charge in [0.25, 0.3) is 0 Å². The van der Waals surface area contributed by atoms with Crippen LogP contribution >= 0.6 is 0 Å². The first-order chi connectivity index (χ1) is 7.50. The molecule has 1 rings (SSSR count). The van der Waals surface area contributed by atoms with Crippen molar-refractivity contribution in [1.29, 1.82) is 0 Å². The number of nitrogens with zero attached hydrogens (tertiary/aromatic N) is 1. The minimum Gasteiger partial charge on any atom is -0.368 e. The van der Waals surface area contributed by atoms with Crippen LogP contribution in [0.4, 0.5) is 0 Å². The number of nitrogens with two attached hydrogens (primary N) is 1. The number of piperidine rings is 1. The molecule has 0 spiro atoms. The molecule has 0 radical (unpaired) electrons. The quantitative estimate of drug-likeness (QED) is 0.722. The molecule has 1 aliphatic rings. The second kappa shape index (κ2) is 6.21. The summed E-state index contributed by atoms with van der Waals surface area (Å²) in [6.45, 7) is 9.32. The van der Waals surface area contributed by atoms with Gasteiger partial charge in [0.05, 0.1) is 6.04 Å². The van der Waals surface area contributed by atoms with Crippen molar-refractivity contribution >= 4 is 5.91 Å². The first-order valence-electron chi connectivity index (χ1n) is 6.27. The van der Waals surface area contributed by atoms with Crippen LogP contribution in [0.5, 0.6) is 0 Å². The molecule has 16 heavy (non-hydrogen) atoms. The topological polar surface area (TPSA) is 58.4 Å². The molecule has 94 valence electrons. The van der Waals surface area contributed by atoms with Gasteiger partial charge in [-0.2, -0.15) is 0 Å². The van der Waals surface area contributed by atoms with Gasteiger partial charge in [0.2, 0.25) is 5.91 Å². The monoisotopic (exact) mass is 227 g/mol. The van der Waals surface area contributed by atoms with E-state index in [-0.39, 0.29) is 11.9 Å². The van der Waals surface area contributed by atoms with Crippen molar-refractivity contribution in [1.82, 2.24) is 10.2 Å². The molecule has 1 heterocycles. The SMILES string of the molecule is CC(C)NCC1CCN(C(C)C(N)=O)CC1.